The van der Waals surface area contributed by atoms with Crippen LogP contribution in [0.4, 0.5) is 0 Å². The number of hydrogen-bond acceptors (Lipinski definition) is 4. The number of carbonyl (C=O) groups excluding carboxylic acids is 1. The summed E-state index contributed by atoms with van der Waals surface area (Å²) in [7, 11) is 0. The molecule has 0 radical (unpaired) electrons. The zero-order valence-electron chi connectivity index (χ0n) is 12.1. The number of likely N-dealkylation sites (tertiary alicyclic amines) is 1. The topological polar surface area (TPSA) is 63.1 Å². The molecule has 116 valence electrons. The van der Waals surface area contributed by atoms with Crippen LogP contribution in [0.25, 0.3) is 5.69 Å². The van der Waals surface area contributed by atoms with E-state index in [0.717, 1.165) is 31.6 Å². The standard InChI is InChI=1S/C15H17N5O.ClH/c21-15(19-9-11-5-6-12(10-19)18-11)13-3-1-2-4-14(13)20-16-7-8-17-20;/h1-4,7-8,11-12,18H,5-6,9-10H2;1H. The van der Waals surface area contributed by atoms with Crippen LogP contribution in [-0.4, -0.2) is 51.0 Å². The maximum Gasteiger partial charge on any atom is 0.256 e. The number of para-hydroxylation sites is 1. The molecule has 3 heterocycles. The third kappa shape index (κ3) is 2.60. The van der Waals surface area contributed by atoms with Crippen molar-refractivity contribution in [1.82, 2.24) is 25.2 Å². The van der Waals surface area contributed by atoms with Crippen LogP contribution in [0.5, 0.6) is 0 Å². The van der Waals surface area contributed by atoms with Crippen molar-refractivity contribution < 1.29 is 4.79 Å². The van der Waals surface area contributed by atoms with Crippen molar-refractivity contribution in [2.24, 2.45) is 0 Å². The number of carbonyl (C=O) groups is 1. The Balaban J connectivity index is 0.00000144. The fourth-order valence-electron chi connectivity index (χ4n) is 3.30. The summed E-state index contributed by atoms with van der Waals surface area (Å²) in [6, 6.07) is 8.41. The van der Waals surface area contributed by atoms with Crippen LogP contribution in [-0.2, 0) is 0 Å². The summed E-state index contributed by atoms with van der Waals surface area (Å²) in [5.41, 5.74) is 1.40. The van der Waals surface area contributed by atoms with Gasteiger partial charge in [0.2, 0.25) is 0 Å². The van der Waals surface area contributed by atoms with Gasteiger partial charge in [-0.3, -0.25) is 4.79 Å². The van der Waals surface area contributed by atoms with Crippen molar-refractivity contribution in [3.05, 3.63) is 42.2 Å². The summed E-state index contributed by atoms with van der Waals surface area (Å²) in [6.07, 6.45) is 5.56. The van der Waals surface area contributed by atoms with E-state index in [0.29, 0.717) is 17.6 Å². The van der Waals surface area contributed by atoms with Crippen LogP contribution in [0.2, 0.25) is 0 Å². The number of fused-ring (bicyclic) bond motifs is 2. The van der Waals surface area contributed by atoms with Gasteiger partial charge < -0.3 is 10.2 Å². The normalized spacial score (nSPS) is 23.2. The van der Waals surface area contributed by atoms with E-state index >= 15 is 0 Å². The summed E-state index contributed by atoms with van der Waals surface area (Å²) < 4.78 is 0. The number of rotatable bonds is 2. The Morgan fingerprint density at radius 1 is 1.09 bits per heavy atom. The van der Waals surface area contributed by atoms with E-state index in [9.17, 15) is 4.79 Å². The molecular formula is C15H18ClN5O. The number of aromatic nitrogens is 3. The molecule has 1 N–H and O–H groups in total. The van der Waals surface area contributed by atoms with Crippen molar-refractivity contribution in [1.29, 1.82) is 0 Å². The van der Waals surface area contributed by atoms with E-state index in [1.807, 2.05) is 29.2 Å². The Hall–Kier alpha value is -1.92. The van der Waals surface area contributed by atoms with Gasteiger partial charge in [-0.2, -0.15) is 15.0 Å². The summed E-state index contributed by atoms with van der Waals surface area (Å²) in [4.78, 5) is 16.3. The highest BCUT2D eigenvalue weighted by Crippen LogP contribution is 2.23. The highest BCUT2D eigenvalue weighted by Gasteiger charge is 2.35. The van der Waals surface area contributed by atoms with Crippen molar-refractivity contribution in [3.63, 3.8) is 0 Å². The molecule has 2 unspecified atom stereocenters. The van der Waals surface area contributed by atoms with Crippen LogP contribution in [0.1, 0.15) is 23.2 Å². The summed E-state index contributed by atoms with van der Waals surface area (Å²) in [5, 5.41) is 11.8. The minimum atomic E-state index is 0. The second-order valence-electron chi connectivity index (χ2n) is 5.68. The molecule has 2 aromatic rings. The molecule has 2 fully saturated rings. The van der Waals surface area contributed by atoms with E-state index in [2.05, 4.69) is 15.5 Å². The Morgan fingerprint density at radius 2 is 1.73 bits per heavy atom. The first-order valence-corrected chi connectivity index (χ1v) is 7.32. The van der Waals surface area contributed by atoms with Gasteiger partial charge in [-0.1, -0.05) is 12.1 Å². The second kappa shape index (κ2) is 6.06. The molecule has 0 aliphatic carbocycles. The monoisotopic (exact) mass is 319 g/mol. The van der Waals surface area contributed by atoms with Gasteiger partial charge in [0.25, 0.3) is 5.91 Å². The fourth-order valence-corrected chi connectivity index (χ4v) is 3.30. The van der Waals surface area contributed by atoms with Gasteiger partial charge in [0.1, 0.15) is 0 Å². The van der Waals surface area contributed by atoms with E-state index in [-0.39, 0.29) is 18.3 Å². The Bertz CT molecular complexity index is 648. The third-order valence-corrected chi connectivity index (χ3v) is 4.27. The highest BCUT2D eigenvalue weighted by molar-refractivity contribution is 5.97. The largest absolute Gasteiger partial charge is 0.335 e. The first-order chi connectivity index (χ1) is 10.3. The van der Waals surface area contributed by atoms with Crippen LogP contribution in [0.15, 0.2) is 36.7 Å². The first kappa shape index (κ1) is 15.0. The smallest absolute Gasteiger partial charge is 0.256 e. The Kier molecular flexibility index (Phi) is 4.13. The number of nitrogens with one attached hydrogen (secondary N) is 1. The average Bonchev–Trinajstić information content (AvgIpc) is 3.16. The zero-order valence-corrected chi connectivity index (χ0v) is 12.9. The van der Waals surface area contributed by atoms with Gasteiger partial charge in [-0.15, -0.1) is 12.4 Å². The minimum Gasteiger partial charge on any atom is -0.335 e. The number of nitrogens with zero attached hydrogens (tertiary/aromatic N) is 4. The van der Waals surface area contributed by atoms with Crippen molar-refractivity contribution in [2.75, 3.05) is 13.1 Å². The summed E-state index contributed by atoms with van der Waals surface area (Å²) >= 11 is 0. The van der Waals surface area contributed by atoms with Crippen LogP contribution in [0, 0.1) is 0 Å². The molecule has 1 aromatic carbocycles. The molecule has 2 aliphatic heterocycles. The predicted octanol–water partition coefficient (Wildman–Crippen LogP) is 1.27. The van der Waals surface area contributed by atoms with Crippen LogP contribution in [0.3, 0.4) is 0 Å². The molecule has 2 saturated heterocycles. The molecule has 4 rings (SSSR count). The van der Waals surface area contributed by atoms with Crippen molar-refractivity contribution >= 4 is 18.3 Å². The van der Waals surface area contributed by atoms with Gasteiger partial charge in [-0.25, -0.2) is 0 Å². The maximum absolute atomic E-state index is 12.9. The van der Waals surface area contributed by atoms with Gasteiger partial charge in [0.05, 0.1) is 23.6 Å². The maximum atomic E-state index is 12.9. The Labute approximate surface area is 134 Å². The molecule has 2 aliphatic rings. The fraction of sp³-hybridized carbons (Fsp3) is 0.400. The SMILES string of the molecule is Cl.O=C(c1ccccc1-n1nccn1)N1CC2CCC(C1)N2. The highest BCUT2D eigenvalue weighted by atomic mass is 35.5. The predicted molar refractivity (Wildman–Crippen MR) is 84.5 cm³/mol. The van der Waals surface area contributed by atoms with E-state index in [1.54, 1.807) is 12.4 Å². The van der Waals surface area contributed by atoms with Crippen molar-refractivity contribution in [2.45, 2.75) is 24.9 Å². The van der Waals surface area contributed by atoms with Gasteiger partial charge in [0, 0.05) is 25.2 Å². The lowest BCUT2D eigenvalue weighted by Crippen LogP contribution is -2.53. The molecule has 1 aromatic heterocycles. The van der Waals surface area contributed by atoms with Gasteiger partial charge >= 0.3 is 0 Å². The zero-order chi connectivity index (χ0) is 14.2. The van der Waals surface area contributed by atoms with E-state index < -0.39 is 0 Å². The number of benzene rings is 1. The molecular weight excluding hydrogens is 302 g/mol. The molecule has 22 heavy (non-hydrogen) atoms. The second-order valence-corrected chi connectivity index (χ2v) is 5.68. The lowest BCUT2D eigenvalue weighted by atomic mass is 10.1. The van der Waals surface area contributed by atoms with Crippen LogP contribution < -0.4 is 5.32 Å². The average molecular weight is 320 g/mol. The molecule has 0 saturated carbocycles. The van der Waals surface area contributed by atoms with Crippen LogP contribution >= 0.6 is 12.4 Å². The van der Waals surface area contributed by atoms with Gasteiger partial charge in [-0.05, 0) is 25.0 Å². The lowest BCUT2D eigenvalue weighted by molar-refractivity contribution is 0.0697. The molecule has 1 amide bonds. The third-order valence-electron chi connectivity index (χ3n) is 4.27. The number of halogens is 1. The van der Waals surface area contributed by atoms with E-state index in [4.69, 9.17) is 0 Å². The molecule has 2 atom stereocenters. The number of piperazine rings is 1. The number of amides is 1. The molecule has 0 spiro atoms. The van der Waals surface area contributed by atoms with Crippen molar-refractivity contribution in [3.8, 4) is 5.69 Å². The summed E-state index contributed by atoms with van der Waals surface area (Å²) in [6.45, 7) is 1.58. The van der Waals surface area contributed by atoms with Gasteiger partial charge in [0.15, 0.2) is 0 Å². The quantitative estimate of drug-likeness (QED) is 0.905. The molecule has 6 nitrogen and oxygen atoms in total. The molecule has 7 heteroatoms. The Morgan fingerprint density at radius 3 is 2.41 bits per heavy atom. The first-order valence-electron chi connectivity index (χ1n) is 7.32. The number of hydrogen-bond donors (Lipinski definition) is 1. The minimum absolute atomic E-state index is 0. The lowest BCUT2D eigenvalue weighted by Gasteiger charge is -2.33. The summed E-state index contributed by atoms with van der Waals surface area (Å²) in [5.74, 6) is 0.0706. The molecule has 2 bridgehead atoms. The van der Waals surface area contributed by atoms with E-state index in [1.165, 1.54) is 4.80 Å².